The molecule has 0 spiro atoms. The van der Waals surface area contributed by atoms with Crippen molar-refractivity contribution in [2.45, 2.75) is 12.8 Å². The van der Waals surface area contributed by atoms with Gasteiger partial charge in [0.1, 0.15) is 0 Å². The maximum Gasteiger partial charge on any atom is 0.286 e. The van der Waals surface area contributed by atoms with Gasteiger partial charge in [-0.15, -0.1) is 0 Å². The number of phenols is 1. The lowest BCUT2D eigenvalue weighted by molar-refractivity contribution is 0.0907. The van der Waals surface area contributed by atoms with E-state index in [1.807, 2.05) is 18.2 Å². The van der Waals surface area contributed by atoms with Gasteiger partial charge in [-0.25, -0.2) is 0 Å². The maximum absolute atomic E-state index is 12.0. The Bertz CT molecular complexity index is 770. The SMILES string of the molecule is COc1cc(/C=C/CN2CCC[C@@H](CNC(=O)c3ccco3)C2)ccc1O. The van der Waals surface area contributed by atoms with Crippen molar-refractivity contribution in [3.63, 3.8) is 0 Å². The predicted molar refractivity (Wildman–Crippen MR) is 104 cm³/mol. The minimum absolute atomic E-state index is 0.144. The number of aromatic hydroxyl groups is 1. The van der Waals surface area contributed by atoms with Crippen molar-refractivity contribution in [2.24, 2.45) is 5.92 Å². The highest BCUT2D eigenvalue weighted by molar-refractivity contribution is 5.91. The van der Waals surface area contributed by atoms with Gasteiger partial charge in [0.25, 0.3) is 5.91 Å². The molecule has 1 aliphatic heterocycles. The summed E-state index contributed by atoms with van der Waals surface area (Å²) in [5.41, 5.74) is 0.990. The fourth-order valence-electron chi connectivity index (χ4n) is 3.35. The van der Waals surface area contributed by atoms with Crippen molar-refractivity contribution in [1.29, 1.82) is 0 Å². The molecule has 0 saturated carbocycles. The highest BCUT2D eigenvalue weighted by atomic mass is 16.5. The number of likely N-dealkylation sites (tertiary alicyclic amines) is 1. The fraction of sp³-hybridized carbons (Fsp3) is 0.381. The number of rotatable bonds is 7. The molecule has 0 unspecified atom stereocenters. The first kappa shape index (κ1) is 19.0. The number of methoxy groups -OCH3 is 1. The first-order valence-corrected chi connectivity index (χ1v) is 9.23. The standard InChI is InChI=1S/C21H26N2O4/c1-26-20-13-16(8-9-18(20)24)5-2-10-23-11-3-6-17(15-23)14-22-21(25)19-7-4-12-27-19/h2,4-5,7-9,12-13,17,24H,3,6,10-11,14-15H2,1H3,(H,22,25)/b5-2+/t17-/m0/s1. The highest BCUT2D eigenvalue weighted by Crippen LogP contribution is 2.26. The molecule has 1 saturated heterocycles. The van der Waals surface area contributed by atoms with Crippen molar-refractivity contribution in [3.05, 3.63) is 54.0 Å². The largest absolute Gasteiger partial charge is 0.504 e. The molecule has 144 valence electrons. The Morgan fingerprint density at radius 1 is 1.44 bits per heavy atom. The number of carbonyl (C=O) groups excluding carboxylic acids is 1. The van der Waals surface area contributed by atoms with Crippen molar-refractivity contribution in [1.82, 2.24) is 10.2 Å². The third-order valence-corrected chi connectivity index (χ3v) is 4.78. The third-order valence-electron chi connectivity index (χ3n) is 4.78. The van der Waals surface area contributed by atoms with Crippen molar-refractivity contribution in [2.75, 3.05) is 33.3 Å². The monoisotopic (exact) mass is 370 g/mol. The first-order valence-electron chi connectivity index (χ1n) is 9.23. The van der Waals surface area contributed by atoms with E-state index in [-0.39, 0.29) is 11.7 Å². The van der Waals surface area contributed by atoms with E-state index in [9.17, 15) is 9.90 Å². The van der Waals surface area contributed by atoms with E-state index >= 15 is 0 Å². The smallest absolute Gasteiger partial charge is 0.286 e. The highest BCUT2D eigenvalue weighted by Gasteiger charge is 2.20. The van der Waals surface area contributed by atoms with E-state index in [0.29, 0.717) is 24.0 Å². The summed E-state index contributed by atoms with van der Waals surface area (Å²) in [7, 11) is 1.54. The molecule has 0 radical (unpaired) electrons. The average molecular weight is 370 g/mol. The molecule has 2 N–H and O–H groups in total. The van der Waals surface area contributed by atoms with Gasteiger partial charge in [0.05, 0.1) is 13.4 Å². The molecular weight excluding hydrogens is 344 g/mol. The molecule has 1 aromatic heterocycles. The van der Waals surface area contributed by atoms with Gasteiger partial charge in [-0.1, -0.05) is 18.2 Å². The fourth-order valence-corrected chi connectivity index (χ4v) is 3.35. The lowest BCUT2D eigenvalue weighted by atomic mass is 9.98. The Hall–Kier alpha value is -2.73. The molecule has 27 heavy (non-hydrogen) atoms. The zero-order valence-corrected chi connectivity index (χ0v) is 15.6. The number of amides is 1. The molecular formula is C21H26N2O4. The van der Waals surface area contributed by atoms with E-state index in [4.69, 9.17) is 9.15 Å². The molecule has 1 aliphatic rings. The number of carbonyl (C=O) groups is 1. The molecule has 1 aromatic carbocycles. The molecule has 0 aliphatic carbocycles. The molecule has 0 bridgehead atoms. The Balaban J connectivity index is 1.46. The molecule has 1 fully saturated rings. The van der Waals surface area contributed by atoms with Crippen LogP contribution in [0.1, 0.15) is 29.0 Å². The molecule has 2 aromatic rings. The molecule has 6 nitrogen and oxygen atoms in total. The minimum Gasteiger partial charge on any atom is -0.504 e. The third kappa shape index (κ3) is 5.37. The van der Waals surface area contributed by atoms with Gasteiger partial charge in [-0.05, 0) is 55.1 Å². The van der Waals surface area contributed by atoms with Crippen molar-refractivity contribution < 1.29 is 19.1 Å². The second kappa shape index (κ2) is 9.28. The summed E-state index contributed by atoms with van der Waals surface area (Å²) in [6, 6.07) is 8.70. The number of nitrogens with one attached hydrogen (secondary N) is 1. The van der Waals surface area contributed by atoms with E-state index in [1.165, 1.54) is 6.26 Å². The summed E-state index contributed by atoms with van der Waals surface area (Å²) < 4.78 is 10.3. The lowest BCUT2D eigenvalue weighted by Crippen LogP contribution is -2.40. The molecule has 3 rings (SSSR count). The normalized spacial score (nSPS) is 17.9. The Labute approximate surface area is 159 Å². The van der Waals surface area contributed by atoms with Crippen LogP contribution in [-0.2, 0) is 0 Å². The number of furan rings is 1. The van der Waals surface area contributed by atoms with E-state index < -0.39 is 0 Å². The summed E-state index contributed by atoms with van der Waals surface area (Å²) in [5.74, 6) is 1.26. The zero-order valence-electron chi connectivity index (χ0n) is 15.6. The van der Waals surface area contributed by atoms with Crippen LogP contribution in [0.15, 0.2) is 47.1 Å². The van der Waals surface area contributed by atoms with E-state index in [1.54, 1.807) is 25.3 Å². The van der Waals surface area contributed by atoms with Gasteiger partial charge in [0.2, 0.25) is 0 Å². The number of benzene rings is 1. The number of piperidine rings is 1. The number of phenolic OH excluding ortho intramolecular Hbond substituents is 1. The van der Waals surface area contributed by atoms with Crippen LogP contribution in [-0.4, -0.2) is 49.2 Å². The quantitative estimate of drug-likeness (QED) is 0.783. The molecule has 1 amide bonds. The van der Waals surface area contributed by atoms with Crippen LogP contribution in [0.2, 0.25) is 0 Å². The maximum atomic E-state index is 12.0. The summed E-state index contributed by atoms with van der Waals surface area (Å²) in [5, 5.41) is 12.6. The van der Waals surface area contributed by atoms with Gasteiger partial charge in [0.15, 0.2) is 17.3 Å². The number of nitrogens with zero attached hydrogens (tertiary/aromatic N) is 1. The summed E-state index contributed by atoms with van der Waals surface area (Å²) in [4.78, 5) is 14.4. The van der Waals surface area contributed by atoms with Gasteiger partial charge in [-0.2, -0.15) is 0 Å². The molecule has 2 heterocycles. The topological polar surface area (TPSA) is 74.9 Å². The van der Waals surface area contributed by atoms with Crippen LogP contribution in [0.3, 0.4) is 0 Å². The second-order valence-corrected chi connectivity index (χ2v) is 6.79. The Morgan fingerprint density at radius 2 is 2.33 bits per heavy atom. The lowest BCUT2D eigenvalue weighted by Gasteiger charge is -2.32. The van der Waals surface area contributed by atoms with Crippen molar-refractivity contribution in [3.8, 4) is 11.5 Å². The number of hydrogen-bond acceptors (Lipinski definition) is 5. The van der Waals surface area contributed by atoms with Crippen LogP contribution in [0.5, 0.6) is 11.5 Å². The summed E-state index contributed by atoms with van der Waals surface area (Å²) in [6.07, 6.45) is 7.91. The second-order valence-electron chi connectivity index (χ2n) is 6.79. The van der Waals surface area contributed by atoms with E-state index in [0.717, 1.165) is 38.0 Å². The minimum atomic E-state index is -0.154. The number of ether oxygens (including phenoxy) is 1. The molecule has 6 heteroatoms. The summed E-state index contributed by atoms with van der Waals surface area (Å²) in [6.45, 7) is 3.54. The van der Waals surface area contributed by atoms with Crippen LogP contribution < -0.4 is 10.1 Å². The van der Waals surface area contributed by atoms with Gasteiger partial charge >= 0.3 is 0 Å². The van der Waals surface area contributed by atoms with Crippen LogP contribution in [0.25, 0.3) is 6.08 Å². The van der Waals surface area contributed by atoms with Crippen LogP contribution in [0, 0.1) is 5.92 Å². The Morgan fingerprint density at radius 3 is 3.11 bits per heavy atom. The summed E-state index contributed by atoms with van der Waals surface area (Å²) >= 11 is 0. The average Bonchev–Trinajstić information content (AvgIpc) is 3.23. The van der Waals surface area contributed by atoms with Gasteiger partial charge in [-0.3, -0.25) is 9.69 Å². The zero-order chi connectivity index (χ0) is 19.1. The number of hydrogen-bond donors (Lipinski definition) is 2. The van der Waals surface area contributed by atoms with Gasteiger partial charge in [0, 0.05) is 19.6 Å². The van der Waals surface area contributed by atoms with E-state index in [2.05, 4.69) is 16.3 Å². The van der Waals surface area contributed by atoms with Crippen LogP contribution >= 0.6 is 0 Å². The van der Waals surface area contributed by atoms with Gasteiger partial charge < -0.3 is 19.6 Å². The predicted octanol–water partition coefficient (Wildman–Crippen LogP) is 3.15. The Kier molecular flexibility index (Phi) is 6.54. The first-order chi connectivity index (χ1) is 13.2. The molecule has 1 atom stereocenters. The van der Waals surface area contributed by atoms with Crippen LogP contribution in [0.4, 0.5) is 0 Å². The van der Waals surface area contributed by atoms with Crippen molar-refractivity contribution >= 4 is 12.0 Å².